The van der Waals surface area contributed by atoms with Gasteiger partial charge in [0.15, 0.2) is 3.95 Å². The van der Waals surface area contributed by atoms with Crippen molar-refractivity contribution in [1.29, 1.82) is 0 Å². The molecule has 1 aromatic rings. The number of hydrogen-bond donors (Lipinski definition) is 2. The summed E-state index contributed by atoms with van der Waals surface area (Å²) < 4.78 is 5.85. The van der Waals surface area contributed by atoms with Gasteiger partial charge in [-0.05, 0) is 43.8 Å². The first-order valence-corrected chi connectivity index (χ1v) is 7.71. The van der Waals surface area contributed by atoms with Gasteiger partial charge in [0.05, 0.1) is 6.42 Å². The molecule has 0 bridgehead atoms. The summed E-state index contributed by atoms with van der Waals surface area (Å²) in [5.74, 6) is 0.0806. The van der Waals surface area contributed by atoms with Crippen LogP contribution in [0.5, 0.6) is 0 Å². The van der Waals surface area contributed by atoms with Crippen LogP contribution in [0.25, 0.3) is 0 Å². The van der Waals surface area contributed by atoms with Crippen LogP contribution in [0.4, 0.5) is 0 Å². The Kier molecular flexibility index (Phi) is 4.76. The lowest BCUT2D eigenvalue weighted by Crippen LogP contribution is -2.31. The summed E-state index contributed by atoms with van der Waals surface area (Å²) in [5, 5.41) is 3.04. The monoisotopic (exact) mass is 300 g/mol. The number of aromatic nitrogens is 1. The van der Waals surface area contributed by atoms with E-state index in [9.17, 15) is 4.79 Å². The molecule has 0 aliphatic heterocycles. The minimum atomic E-state index is 0.0806. The smallest absolute Gasteiger partial charge is 0.225 e. The van der Waals surface area contributed by atoms with Crippen LogP contribution in [-0.4, -0.2) is 31.2 Å². The van der Waals surface area contributed by atoms with Crippen molar-refractivity contribution in [2.75, 3.05) is 20.3 Å². The molecular weight excluding hydrogens is 280 g/mol. The van der Waals surface area contributed by atoms with Gasteiger partial charge in [-0.3, -0.25) is 4.79 Å². The van der Waals surface area contributed by atoms with Crippen molar-refractivity contribution in [3.05, 3.63) is 14.5 Å². The normalized spacial score (nSPS) is 16.3. The van der Waals surface area contributed by atoms with Crippen LogP contribution in [-0.2, 0) is 16.0 Å². The Balaban J connectivity index is 1.79. The molecule has 1 amide bonds. The summed E-state index contributed by atoms with van der Waals surface area (Å²) in [5.41, 5.74) is 1.30. The summed E-state index contributed by atoms with van der Waals surface area (Å²) in [7, 11) is 1.72. The average molecular weight is 300 g/mol. The van der Waals surface area contributed by atoms with Gasteiger partial charge in [-0.25, -0.2) is 0 Å². The molecule has 0 atom stereocenters. The fourth-order valence-corrected chi connectivity index (χ4v) is 3.40. The third kappa shape index (κ3) is 4.12. The summed E-state index contributed by atoms with van der Waals surface area (Å²) in [6.45, 7) is 3.49. The van der Waals surface area contributed by atoms with Gasteiger partial charge in [0.25, 0.3) is 0 Å². The van der Waals surface area contributed by atoms with Crippen LogP contribution in [0.2, 0.25) is 0 Å². The Bertz CT molecular complexity index is 503. The molecule has 1 heterocycles. The van der Waals surface area contributed by atoms with Gasteiger partial charge < -0.3 is 15.0 Å². The number of ether oxygens (including phenoxy) is 1. The number of carbonyl (C=O) groups is 1. The van der Waals surface area contributed by atoms with E-state index >= 15 is 0 Å². The van der Waals surface area contributed by atoms with E-state index in [2.05, 4.69) is 10.3 Å². The maximum Gasteiger partial charge on any atom is 0.225 e. The molecule has 4 nitrogen and oxygen atoms in total. The highest BCUT2D eigenvalue weighted by molar-refractivity contribution is 7.73. The fourth-order valence-electron chi connectivity index (χ4n) is 2.11. The second-order valence-corrected chi connectivity index (χ2v) is 7.03. The Hall–Kier alpha value is -0.720. The minimum absolute atomic E-state index is 0.0806. The molecule has 0 aromatic carbocycles. The average Bonchev–Trinajstić information content (AvgIpc) is 3.07. The highest BCUT2D eigenvalue weighted by Gasteiger charge is 2.42. The van der Waals surface area contributed by atoms with Gasteiger partial charge in [-0.1, -0.05) is 0 Å². The van der Waals surface area contributed by atoms with E-state index in [0.29, 0.717) is 11.8 Å². The zero-order valence-corrected chi connectivity index (χ0v) is 13.0. The first-order valence-electron chi connectivity index (χ1n) is 6.49. The number of aromatic amines is 1. The second-order valence-electron chi connectivity index (χ2n) is 5.26. The summed E-state index contributed by atoms with van der Waals surface area (Å²) in [6, 6.07) is 0. The standard InChI is InChI=1S/C13H20N2O2S2/c1-9-10(19-12(18)15-9)7-11(16)14-8-13(3-4-13)5-6-17-2/h3-8H2,1-2H3,(H,14,16)(H,15,18). The number of H-pyrrole nitrogens is 1. The number of carbonyl (C=O) groups excluding carboxylic acids is 1. The largest absolute Gasteiger partial charge is 0.385 e. The lowest BCUT2D eigenvalue weighted by molar-refractivity contribution is -0.120. The van der Waals surface area contributed by atoms with Crippen LogP contribution in [0.15, 0.2) is 0 Å². The van der Waals surface area contributed by atoms with Crippen molar-refractivity contribution in [3.8, 4) is 0 Å². The number of rotatable bonds is 7. The van der Waals surface area contributed by atoms with Gasteiger partial charge in [0, 0.05) is 30.8 Å². The molecule has 6 heteroatoms. The van der Waals surface area contributed by atoms with Crippen LogP contribution < -0.4 is 5.32 Å². The number of nitrogens with one attached hydrogen (secondary N) is 2. The molecule has 0 unspecified atom stereocenters. The van der Waals surface area contributed by atoms with Crippen molar-refractivity contribution in [3.63, 3.8) is 0 Å². The third-order valence-corrected chi connectivity index (χ3v) is 5.04. The summed E-state index contributed by atoms with van der Waals surface area (Å²) in [4.78, 5) is 16.0. The van der Waals surface area contributed by atoms with E-state index in [1.165, 1.54) is 24.2 Å². The first kappa shape index (κ1) is 14.7. The molecule has 1 aliphatic carbocycles. The van der Waals surface area contributed by atoms with E-state index in [-0.39, 0.29) is 5.91 Å². The van der Waals surface area contributed by atoms with Gasteiger partial charge in [0.1, 0.15) is 0 Å². The fraction of sp³-hybridized carbons (Fsp3) is 0.692. The van der Waals surface area contributed by atoms with E-state index < -0.39 is 0 Å². The van der Waals surface area contributed by atoms with Crippen molar-refractivity contribution in [1.82, 2.24) is 10.3 Å². The van der Waals surface area contributed by atoms with Gasteiger partial charge >= 0.3 is 0 Å². The molecule has 0 radical (unpaired) electrons. The Labute approximate surface area is 122 Å². The molecule has 2 N–H and O–H groups in total. The molecule has 1 aromatic heterocycles. The first-order chi connectivity index (χ1) is 9.04. The summed E-state index contributed by atoms with van der Waals surface area (Å²) >= 11 is 6.56. The Morgan fingerprint density at radius 2 is 2.32 bits per heavy atom. The molecule has 1 aliphatic rings. The lowest BCUT2D eigenvalue weighted by atomic mass is 10.0. The molecule has 0 saturated heterocycles. The van der Waals surface area contributed by atoms with Crippen LogP contribution in [0.3, 0.4) is 0 Å². The molecular formula is C13H20N2O2S2. The lowest BCUT2D eigenvalue weighted by Gasteiger charge is -2.15. The van der Waals surface area contributed by atoms with Crippen molar-refractivity contribution < 1.29 is 9.53 Å². The number of methoxy groups -OCH3 is 1. The number of hydrogen-bond acceptors (Lipinski definition) is 4. The van der Waals surface area contributed by atoms with E-state index in [1.54, 1.807) is 7.11 Å². The molecule has 19 heavy (non-hydrogen) atoms. The predicted molar refractivity (Wildman–Crippen MR) is 79.1 cm³/mol. The molecule has 106 valence electrons. The maximum absolute atomic E-state index is 11.9. The summed E-state index contributed by atoms with van der Waals surface area (Å²) in [6.07, 6.45) is 3.84. The van der Waals surface area contributed by atoms with Crippen LogP contribution in [0, 0.1) is 16.3 Å². The highest BCUT2D eigenvalue weighted by Crippen LogP contribution is 2.48. The zero-order valence-electron chi connectivity index (χ0n) is 11.4. The Morgan fingerprint density at radius 1 is 1.58 bits per heavy atom. The third-order valence-electron chi connectivity index (χ3n) is 3.70. The van der Waals surface area contributed by atoms with E-state index in [4.69, 9.17) is 17.0 Å². The van der Waals surface area contributed by atoms with Gasteiger partial charge in [-0.2, -0.15) is 0 Å². The van der Waals surface area contributed by atoms with Crippen molar-refractivity contribution in [2.45, 2.75) is 32.6 Å². The number of thiazole rings is 1. The van der Waals surface area contributed by atoms with Crippen molar-refractivity contribution >= 4 is 29.5 Å². The topological polar surface area (TPSA) is 54.1 Å². The Morgan fingerprint density at radius 3 is 2.84 bits per heavy atom. The van der Waals surface area contributed by atoms with Crippen LogP contribution >= 0.6 is 23.6 Å². The van der Waals surface area contributed by atoms with Crippen molar-refractivity contribution in [2.24, 2.45) is 5.41 Å². The molecule has 1 fully saturated rings. The van der Waals surface area contributed by atoms with E-state index in [1.807, 2.05) is 6.92 Å². The molecule has 2 rings (SSSR count). The number of amides is 1. The number of aryl methyl sites for hydroxylation is 1. The van der Waals surface area contributed by atoms with Crippen LogP contribution in [0.1, 0.15) is 29.8 Å². The molecule has 1 saturated carbocycles. The second kappa shape index (κ2) is 6.15. The zero-order chi connectivity index (χ0) is 13.9. The van der Waals surface area contributed by atoms with E-state index in [0.717, 1.165) is 34.1 Å². The SMILES string of the molecule is COCCC1(CNC(=O)Cc2sc(=S)[nH]c2C)CC1. The minimum Gasteiger partial charge on any atom is -0.385 e. The highest BCUT2D eigenvalue weighted by atomic mass is 32.1. The van der Waals surface area contributed by atoms with Gasteiger partial charge in [0.2, 0.25) is 5.91 Å². The molecule has 0 spiro atoms. The quantitative estimate of drug-likeness (QED) is 0.761. The maximum atomic E-state index is 11.9. The van der Waals surface area contributed by atoms with Gasteiger partial charge in [-0.15, -0.1) is 11.3 Å². The predicted octanol–water partition coefficient (Wildman–Crippen LogP) is 2.59.